The van der Waals surface area contributed by atoms with Gasteiger partial charge in [0.1, 0.15) is 5.75 Å². The number of hydrogen-bond acceptors (Lipinski definition) is 6. The molecular formula is C29H31Cl2N7O3. The highest BCUT2D eigenvalue weighted by Crippen LogP contribution is 2.19. The fraction of sp³-hybridized carbons (Fsp3) is 0.241. The average Bonchev–Trinajstić information content (AvgIpc) is 2.95. The van der Waals surface area contributed by atoms with E-state index < -0.39 is 11.4 Å². The van der Waals surface area contributed by atoms with Crippen molar-refractivity contribution in [2.24, 2.45) is 10.7 Å². The first-order chi connectivity index (χ1) is 19.8. The summed E-state index contributed by atoms with van der Waals surface area (Å²) >= 11 is 12.2. The lowest BCUT2D eigenvalue weighted by Gasteiger charge is -2.16. The maximum absolute atomic E-state index is 13.6. The quantitative estimate of drug-likeness (QED) is 0.130. The van der Waals surface area contributed by atoms with E-state index >= 15 is 0 Å². The SMILES string of the molecule is COc1ccc(Cn2c(NCCNC(N)=NCCc3ccccc3)nc(=O)n(Cc3cc(Cl)cc(Cl)c3)c2=O)cc1. The number of guanidine groups is 1. The minimum absolute atomic E-state index is 0.0363. The molecule has 0 saturated carbocycles. The summed E-state index contributed by atoms with van der Waals surface area (Å²) in [5.41, 5.74) is 7.37. The van der Waals surface area contributed by atoms with Crippen molar-refractivity contribution in [1.82, 2.24) is 19.4 Å². The number of aromatic nitrogens is 3. The second-order valence-electron chi connectivity index (χ2n) is 9.15. The van der Waals surface area contributed by atoms with E-state index in [-0.39, 0.29) is 19.0 Å². The molecule has 1 aromatic heterocycles. The molecule has 0 aliphatic heterocycles. The molecule has 0 aliphatic carbocycles. The standard InChI is InChI=1S/C29H31Cl2N7O3/c1-41-25-9-7-21(8-10-25)18-37-27(35-14-13-34-26(32)33-12-11-20-5-3-2-4-6-20)36-28(39)38(29(37)40)19-22-15-23(30)17-24(31)16-22/h2-10,15-17H,11-14,18-19H2,1H3,(H3,32,33,34)(H,35,36,39). The summed E-state index contributed by atoms with van der Waals surface area (Å²) in [6.45, 7) is 1.41. The topological polar surface area (TPSA) is 129 Å². The second kappa shape index (κ2) is 14.4. The molecule has 0 aliphatic rings. The van der Waals surface area contributed by atoms with Crippen LogP contribution in [0.1, 0.15) is 16.7 Å². The van der Waals surface area contributed by atoms with Crippen molar-refractivity contribution in [1.29, 1.82) is 0 Å². The molecule has 12 heteroatoms. The molecule has 4 N–H and O–H groups in total. The zero-order valence-corrected chi connectivity index (χ0v) is 24.0. The number of nitrogens with zero attached hydrogens (tertiary/aromatic N) is 4. The third kappa shape index (κ3) is 8.60. The van der Waals surface area contributed by atoms with Crippen molar-refractivity contribution in [2.45, 2.75) is 19.5 Å². The smallest absolute Gasteiger partial charge is 0.355 e. The molecule has 0 radical (unpaired) electrons. The number of nitrogens with one attached hydrogen (secondary N) is 2. The van der Waals surface area contributed by atoms with Crippen LogP contribution in [-0.2, 0) is 19.5 Å². The number of aliphatic imine (C=N–C) groups is 1. The lowest BCUT2D eigenvalue weighted by Crippen LogP contribution is -2.44. The van der Waals surface area contributed by atoms with E-state index in [1.165, 1.54) is 10.1 Å². The lowest BCUT2D eigenvalue weighted by atomic mass is 10.2. The summed E-state index contributed by atoms with van der Waals surface area (Å²) in [5, 5.41) is 6.92. The van der Waals surface area contributed by atoms with Crippen molar-refractivity contribution in [3.05, 3.63) is 121 Å². The van der Waals surface area contributed by atoms with Crippen LogP contribution in [0.3, 0.4) is 0 Å². The van der Waals surface area contributed by atoms with E-state index in [9.17, 15) is 9.59 Å². The highest BCUT2D eigenvalue weighted by molar-refractivity contribution is 6.34. The minimum atomic E-state index is -0.700. The van der Waals surface area contributed by atoms with E-state index in [4.69, 9.17) is 33.7 Å². The summed E-state index contributed by atoms with van der Waals surface area (Å²) in [5.74, 6) is 1.13. The molecule has 0 atom stereocenters. The number of anilines is 1. The van der Waals surface area contributed by atoms with E-state index in [0.29, 0.717) is 47.0 Å². The first kappa shape index (κ1) is 29.7. The first-order valence-electron chi connectivity index (χ1n) is 12.9. The molecule has 10 nitrogen and oxygen atoms in total. The van der Waals surface area contributed by atoms with Crippen LogP contribution in [0.5, 0.6) is 5.75 Å². The molecule has 3 aromatic carbocycles. The molecule has 0 spiro atoms. The number of halogens is 2. The van der Waals surface area contributed by atoms with Crippen LogP contribution < -0.4 is 32.5 Å². The van der Waals surface area contributed by atoms with Crippen LogP contribution in [0.25, 0.3) is 0 Å². The normalized spacial score (nSPS) is 11.3. The Hall–Kier alpha value is -4.28. The zero-order chi connectivity index (χ0) is 29.2. The first-order valence-corrected chi connectivity index (χ1v) is 13.7. The van der Waals surface area contributed by atoms with Gasteiger partial charge < -0.3 is 21.1 Å². The van der Waals surface area contributed by atoms with Gasteiger partial charge in [0.05, 0.1) is 20.2 Å². The summed E-state index contributed by atoms with van der Waals surface area (Å²) in [7, 11) is 1.58. The number of rotatable bonds is 12. The summed E-state index contributed by atoms with van der Waals surface area (Å²) in [4.78, 5) is 35.1. The van der Waals surface area contributed by atoms with Crippen LogP contribution in [-0.4, -0.2) is 46.8 Å². The molecule has 1 heterocycles. The van der Waals surface area contributed by atoms with Crippen LogP contribution in [0.2, 0.25) is 10.0 Å². The Kier molecular flexibility index (Phi) is 10.4. The molecule has 4 rings (SSSR count). The Labute approximate surface area is 247 Å². The van der Waals surface area contributed by atoms with E-state index in [2.05, 4.69) is 20.6 Å². The van der Waals surface area contributed by atoms with Gasteiger partial charge in [0.15, 0.2) is 5.96 Å². The molecule has 4 aromatic rings. The van der Waals surface area contributed by atoms with Crippen LogP contribution >= 0.6 is 23.2 Å². The Bertz CT molecular complexity index is 1580. The molecule has 0 bridgehead atoms. The van der Waals surface area contributed by atoms with Gasteiger partial charge in [-0.15, -0.1) is 0 Å². The molecule has 41 heavy (non-hydrogen) atoms. The van der Waals surface area contributed by atoms with Gasteiger partial charge in [-0.05, 0) is 53.4 Å². The van der Waals surface area contributed by atoms with E-state index in [1.807, 2.05) is 42.5 Å². The lowest BCUT2D eigenvalue weighted by molar-refractivity contribution is 0.414. The third-order valence-electron chi connectivity index (χ3n) is 6.15. The van der Waals surface area contributed by atoms with Crippen molar-refractivity contribution < 1.29 is 4.74 Å². The Balaban J connectivity index is 1.49. The van der Waals surface area contributed by atoms with Crippen molar-refractivity contribution in [2.75, 3.05) is 32.1 Å². The van der Waals surface area contributed by atoms with Crippen molar-refractivity contribution in [3.8, 4) is 5.75 Å². The largest absolute Gasteiger partial charge is 0.497 e. The Morgan fingerprint density at radius 2 is 1.59 bits per heavy atom. The third-order valence-corrected chi connectivity index (χ3v) is 6.59. The molecule has 0 fully saturated rings. The van der Waals surface area contributed by atoms with Crippen molar-refractivity contribution >= 4 is 35.1 Å². The zero-order valence-electron chi connectivity index (χ0n) is 22.5. The van der Waals surface area contributed by atoms with E-state index in [1.54, 1.807) is 37.4 Å². The maximum atomic E-state index is 13.6. The Morgan fingerprint density at radius 3 is 2.27 bits per heavy atom. The molecule has 214 valence electrons. The van der Waals surface area contributed by atoms with E-state index in [0.717, 1.165) is 16.6 Å². The van der Waals surface area contributed by atoms with Gasteiger partial charge in [0.2, 0.25) is 5.95 Å². The van der Waals surface area contributed by atoms with Gasteiger partial charge in [0.25, 0.3) is 0 Å². The summed E-state index contributed by atoms with van der Waals surface area (Å²) in [6, 6.07) is 22.2. The maximum Gasteiger partial charge on any atom is 0.355 e. The number of methoxy groups -OCH3 is 1. The molecule has 0 unspecified atom stereocenters. The van der Waals surface area contributed by atoms with Gasteiger partial charge in [0, 0.05) is 29.7 Å². The fourth-order valence-electron chi connectivity index (χ4n) is 4.11. The number of hydrogen-bond donors (Lipinski definition) is 3. The van der Waals surface area contributed by atoms with Gasteiger partial charge >= 0.3 is 11.4 Å². The molecule has 0 saturated heterocycles. The Morgan fingerprint density at radius 1 is 0.902 bits per heavy atom. The van der Waals surface area contributed by atoms with Crippen LogP contribution in [0.15, 0.2) is 87.4 Å². The predicted octanol–water partition coefficient (Wildman–Crippen LogP) is 3.38. The number of ether oxygens (including phenoxy) is 1. The second-order valence-corrected chi connectivity index (χ2v) is 10.0. The monoisotopic (exact) mass is 595 g/mol. The predicted molar refractivity (Wildman–Crippen MR) is 164 cm³/mol. The van der Waals surface area contributed by atoms with Crippen molar-refractivity contribution in [3.63, 3.8) is 0 Å². The molecule has 0 amide bonds. The molecular weight excluding hydrogens is 565 g/mol. The van der Waals surface area contributed by atoms with Gasteiger partial charge in [-0.3, -0.25) is 9.56 Å². The average molecular weight is 597 g/mol. The van der Waals surface area contributed by atoms with Crippen LogP contribution in [0.4, 0.5) is 5.95 Å². The highest BCUT2D eigenvalue weighted by Gasteiger charge is 2.15. The minimum Gasteiger partial charge on any atom is -0.497 e. The number of nitrogens with two attached hydrogens (primary N) is 1. The fourth-order valence-corrected chi connectivity index (χ4v) is 4.68. The summed E-state index contributed by atoms with van der Waals surface area (Å²) < 4.78 is 7.69. The van der Waals surface area contributed by atoms with Crippen LogP contribution in [0, 0.1) is 0 Å². The van der Waals surface area contributed by atoms with Gasteiger partial charge in [-0.2, -0.15) is 4.98 Å². The van der Waals surface area contributed by atoms with Gasteiger partial charge in [-0.25, -0.2) is 14.2 Å². The highest BCUT2D eigenvalue weighted by atomic mass is 35.5. The number of benzene rings is 3. The summed E-state index contributed by atoms with van der Waals surface area (Å²) in [6.07, 6.45) is 0.778. The van der Waals surface area contributed by atoms with Gasteiger partial charge in [-0.1, -0.05) is 65.7 Å².